The van der Waals surface area contributed by atoms with Crippen molar-refractivity contribution in [3.8, 4) is 5.75 Å². The maximum atomic E-state index is 13.6. The van der Waals surface area contributed by atoms with Crippen LogP contribution >= 0.6 is 11.6 Å². The van der Waals surface area contributed by atoms with E-state index < -0.39 is 17.5 Å². The number of nitrogens with one attached hydrogen (secondary N) is 1. The van der Waals surface area contributed by atoms with E-state index in [0.29, 0.717) is 10.8 Å². The van der Waals surface area contributed by atoms with E-state index >= 15 is 0 Å². The molecule has 0 aliphatic carbocycles. The van der Waals surface area contributed by atoms with Crippen molar-refractivity contribution in [3.63, 3.8) is 0 Å². The largest absolute Gasteiger partial charge is 0.482 e. The number of hydrogen-bond acceptors (Lipinski definition) is 3. The summed E-state index contributed by atoms with van der Waals surface area (Å²) in [6.45, 7) is 1.19. The number of carbonyl (C=O) groups excluding carboxylic acids is 1. The first-order valence-electron chi connectivity index (χ1n) is 6.63. The van der Waals surface area contributed by atoms with Gasteiger partial charge >= 0.3 is 0 Å². The smallest absolute Gasteiger partial charge is 0.277 e. The van der Waals surface area contributed by atoms with Crippen molar-refractivity contribution in [2.45, 2.75) is 6.92 Å². The lowest BCUT2D eigenvalue weighted by molar-refractivity contribution is -0.123. The zero-order valence-electron chi connectivity index (χ0n) is 12.1. The molecule has 0 fully saturated rings. The highest BCUT2D eigenvalue weighted by atomic mass is 35.5. The molecular weight excluding hydrogens is 326 g/mol. The van der Waals surface area contributed by atoms with Gasteiger partial charge in [0.2, 0.25) is 0 Å². The number of halogens is 3. The van der Waals surface area contributed by atoms with Crippen LogP contribution in [0.4, 0.5) is 8.78 Å². The average Bonchev–Trinajstić information content (AvgIpc) is 2.52. The van der Waals surface area contributed by atoms with Crippen LogP contribution in [-0.4, -0.2) is 18.2 Å². The summed E-state index contributed by atoms with van der Waals surface area (Å²) < 4.78 is 31.6. The monoisotopic (exact) mass is 338 g/mol. The van der Waals surface area contributed by atoms with Crippen LogP contribution in [0.15, 0.2) is 47.6 Å². The lowest BCUT2D eigenvalue weighted by atomic mass is 10.1. The number of amides is 1. The maximum Gasteiger partial charge on any atom is 0.277 e. The van der Waals surface area contributed by atoms with Crippen molar-refractivity contribution >= 4 is 23.2 Å². The van der Waals surface area contributed by atoms with Crippen LogP contribution in [0.3, 0.4) is 0 Å². The number of carbonyl (C=O) groups is 1. The molecule has 7 heteroatoms. The molecule has 0 unspecified atom stereocenters. The van der Waals surface area contributed by atoms with Crippen LogP contribution in [0.2, 0.25) is 5.02 Å². The molecule has 2 aromatic rings. The van der Waals surface area contributed by atoms with E-state index in [1.807, 2.05) is 0 Å². The Balaban J connectivity index is 1.94. The SMILES string of the molecule is C/C(=N\NC(=O)COc1ccccc1Cl)c1ccc(F)cc1F. The average molecular weight is 339 g/mol. The molecule has 2 aromatic carbocycles. The Labute approximate surface area is 136 Å². The van der Waals surface area contributed by atoms with Gasteiger partial charge < -0.3 is 4.74 Å². The molecule has 1 amide bonds. The lowest BCUT2D eigenvalue weighted by Gasteiger charge is -2.07. The Bertz CT molecular complexity index is 751. The van der Waals surface area contributed by atoms with Crippen LogP contribution in [-0.2, 0) is 4.79 Å². The van der Waals surface area contributed by atoms with Crippen LogP contribution in [0.1, 0.15) is 12.5 Å². The van der Waals surface area contributed by atoms with Crippen LogP contribution in [0, 0.1) is 11.6 Å². The van der Waals surface area contributed by atoms with Gasteiger partial charge in [-0.2, -0.15) is 5.10 Å². The summed E-state index contributed by atoms with van der Waals surface area (Å²) in [5.74, 6) is -1.61. The standard InChI is InChI=1S/C16H13ClF2N2O2/c1-10(12-7-6-11(18)8-14(12)19)20-21-16(22)9-23-15-5-3-2-4-13(15)17/h2-8H,9H2,1H3,(H,21,22)/b20-10+. The Morgan fingerprint density at radius 3 is 2.70 bits per heavy atom. The van der Waals surface area contributed by atoms with E-state index in [4.69, 9.17) is 16.3 Å². The molecular formula is C16H13ClF2N2O2. The Hall–Kier alpha value is -2.47. The first kappa shape index (κ1) is 16.9. The van der Waals surface area contributed by atoms with Gasteiger partial charge in [-0.25, -0.2) is 14.2 Å². The Kier molecular flexibility index (Phi) is 5.65. The minimum absolute atomic E-state index is 0.0960. The van der Waals surface area contributed by atoms with E-state index in [9.17, 15) is 13.6 Å². The predicted octanol–water partition coefficient (Wildman–Crippen LogP) is 3.54. The fourth-order valence-electron chi connectivity index (χ4n) is 1.73. The second-order valence-corrected chi connectivity index (χ2v) is 4.98. The van der Waals surface area contributed by atoms with Crippen molar-refractivity contribution in [1.29, 1.82) is 0 Å². The van der Waals surface area contributed by atoms with Crippen molar-refractivity contribution in [3.05, 3.63) is 64.7 Å². The van der Waals surface area contributed by atoms with Crippen molar-refractivity contribution in [1.82, 2.24) is 5.43 Å². The van der Waals surface area contributed by atoms with Gasteiger partial charge in [0.25, 0.3) is 5.91 Å². The van der Waals surface area contributed by atoms with Crippen LogP contribution in [0.25, 0.3) is 0 Å². The van der Waals surface area contributed by atoms with Crippen molar-refractivity contribution < 1.29 is 18.3 Å². The first-order valence-corrected chi connectivity index (χ1v) is 7.01. The molecule has 0 radical (unpaired) electrons. The normalized spacial score (nSPS) is 11.2. The van der Waals surface area contributed by atoms with Gasteiger partial charge in [-0.3, -0.25) is 4.79 Å². The van der Waals surface area contributed by atoms with Gasteiger partial charge in [-0.1, -0.05) is 23.7 Å². The predicted molar refractivity (Wildman–Crippen MR) is 83.7 cm³/mol. The minimum atomic E-state index is -0.757. The molecule has 0 aromatic heterocycles. The zero-order chi connectivity index (χ0) is 16.8. The zero-order valence-corrected chi connectivity index (χ0v) is 12.9. The molecule has 120 valence electrons. The summed E-state index contributed by atoms with van der Waals surface area (Å²) in [5, 5.41) is 4.14. The third-order valence-corrected chi connectivity index (χ3v) is 3.18. The molecule has 0 aliphatic rings. The van der Waals surface area contributed by atoms with Crippen LogP contribution < -0.4 is 10.2 Å². The number of ether oxygens (including phenoxy) is 1. The quantitative estimate of drug-likeness (QED) is 0.669. The summed E-state index contributed by atoms with van der Waals surface area (Å²) in [6.07, 6.45) is 0. The van der Waals surface area contributed by atoms with E-state index in [1.165, 1.54) is 13.0 Å². The molecule has 0 aliphatic heterocycles. The van der Waals surface area contributed by atoms with Crippen LogP contribution in [0.5, 0.6) is 5.75 Å². The number of benzene rings is 2. The van der Waals surface area contributed by atoms with Gasteiger partial charge in [0, 0.05) is 11.6 Å². The van der Waals surface area contributed by atoms with Crippen molar-refractivity contribution in [2.75, 3.05) is 6.61 Å². The van der Waals surface area contributed by atoms with Gasteiger partial charge in [0.1, 0.15) is 17.4 Å². The highest BCUT2D eigenvalue weighted by Gasteiger charge is 2.08. The third-order valence-electron chi connectivity index (χ3n) is 2.86. The molecule has 2 rings (SSSR count). The molecule has 0 heterocycles. The molecule has 23 heavy (non-hydrogen) atoms. The first-order chi connectivity index (χ1) is 11.0. The number of hydrogen-bond donors (Lipinski definition) is 1. The topological polar surface area (TPSA) is 50.7 Å². The van der Waals surface area contributed by atoms with E-state index in [2.05, 4.69) is 10.5 Å². The summed E-state index contributed by atoms with van der Waals surface area (Å²) >= 11 is 5.89. The molecule has 0 bridgehead atoms. The summed E-state index contributed by atoms with van der Waals surface area (Å²) in [4.78, 5) is 11.7. The van der Waals surface area contributed by atoms with E-state index in [-0.39, 0.29) is 17.9 Å². The van der Waals surface area contributed by atoms with Crippen molar-refractivity contribution in [2.24, 2.45) is 5.10 Å². The molecule has 1 N–H and O–H groups in total. The fourth-order valence-corrected chi connectivity index (χ4v) is 1.92. The van der Waals surface area contributed by atoms with Gasteiger partial charge in [0.05, 0.1) is 10.7 Å². The fraction of sp³-hybridized carbons (Fsp3) is 0.125. The van der Waals surface area contributed by atoms with Gasteiger partial charge in [-0.05, 0) is 31.2 Å². The highest BCUT2D eigenvalue weighted by molar-refractivity contribution is 6.32. The molecule has 0 saturated heterocycles. The minimum Gasteiger partial charge on any atom is -0.482 e. The Morgan fingerprint density at radius 2 is 2.00 bits per heavy atom. The number of hydrazone groups is 1. The molecule has 4 nitrogen and oxygen atoms in total. The maximum absolute atomic E-state index is 13.6. The second kappa shape index (κ2) is 7.69. The molecule has 0 atom stereocenters. The van der Waals surface area contributed by atoms with E-state index in [0.717, 1.165) is 12.1 Å². The third kappa shape index (κ3) is 4.75. The van der Waals surface area contributed by atoms with Gasteiger partial charge in [-0.15, -0.1) is 0 Å². The summed E-state index contributed by atoms with van der Waals surface area (Å²) in [7, 11) is 0. The highest BCUT2D eigenvalue weighted by Crippen LogP contribution is 2.22. The second-order valence-electron chi connectivity index (χ2n) is 4.58. The number of nitrogens with zero attached hydrogens (tertiary/aromatic N) is 1. The molecule has 0 spiro atoms. The summed E-state index contributed by atoms with van der Waals surface area (Å²) in [6, 6.07) is 9.82. The number of para-hydroxylation sites is 1. The number of rotatable bonds is 5. The Morgan fingerprint density at radius 1 is 1.26 bits per heavy atom. The van der Waals surface area contributed by atoms with Gasteiger partial charge in [0.15, 0.2) is 6.61 Å². The molecule has 0 saturated carbocycles. The lowest BCUT2D eigenvalue weighted by Crippen LogP contribution is -2.25. The summed E-state index contributed by atoms with van der Waals surface area (Å²) in [5.41, 5.74) is 2.53. The van der Waals surface area contributed by atoms with E-state index in [1.54, 1.807) is 24.3 Å².